The molecule has 2 rings (SSSR count). The molecule has 0 bridgehead atoms. The standard InChI is InChI=1S/C11H13BrFNO2S/c1-8-6-10(2-3-11(8)12)17(15,16)14-5-4-9(13)7-14/h2-3,6,9H,4-5,7H2,1H3/t9-/m0/s1. The van der Waals surface area contributed by atoms with Gasteiger partial charge in [0.2, 0.25) is 10.0 Å². The minimum absolute atomic E-state index is 0.0303. The van der Waals surface area contributed by atoms with E-state index in [2.05, 4.69) is 15.9 Å². The Labute approximate surface area is 109 Å². The predicted molar refractivity (Wildman–Crippen MR) is 67.2 cm³/mol. The highest BCUT2D eigenvalue weighted by Gasteiger charge is 2.32. The molecule has 1 aliphatic rings. The molecule has 1 atom stereocenters. The average Bonchev–Trinajstić information content (AvgIpc) is 2.69. The van der Waals surface area contributed by atoms with Crippen molar-refractivity contribution in [3.8, 4) is 0 Å². The van der Waals surface area contributed by atoms with Gasteiger partial charge in [0.25, 0.3) is 0 Å². The lowest BCUT2D eigenvalue weighted by atomic mass is 10.2. The van der Waals surface area contributed by atoms with E-state index in [-0.39, 0.29) is 24.4 Å². The molecule has 94 valence electrons. The van der Waals surface area contributed by atoms with Crippen molar-refractivity contribution in [3.63, 3.8) is 0 Å². The first-order chi connectivity index (χ1) is 7.91. The van der Waals surface area contributed by atoms with Gasteiger partial charge in [-0.1, -0.05) is 15.9 Å². The third-order valence-electron chi connectivity index (χ3n) is 2.86. The largest absolute Gasteiger partial charge is 0.246 e. The molecule has 17 heavy (non-hydrogen) atoms. The van der Waals surface area contributed by atoms with Crippen LogP contribution in [-0.2, 0) is 10.0 Å². The van der Waals surface area contributed by atoms with E-state index in [4.69, 9.17) is 0 Å². The van der Waals surface area contributed by atoms with Gasteiger partial charge in [0.05, 0.1) is 4.90 Å². The fourth-order valence-electron chi connectivity index (χ4n) is 1.83. The summed E-state index contributed by atoms with van der Waals surface area (Å²) in [4.78, 5) is 0.229. The first kappa shape index (κ1) is 13.0. The molecule has 1 aliphatic heterocycles. The molecule has 0 aliphatic carbocycles. The highest BCUT2D eigenvalue weighted by atomic mass is 79.9. The number of hydrogen-bond acceptors (Lipinski definition) is 2. The van der Waals surface area contributed by atoms with Crippen molar-refractivity contribution in [2.24, 2.45) is 0 Å². The molecule has 0 N–H and O–H groups in total. The molecular formula is C11H13BrFNO2S. The molecular weight excluding hydrogens is 309 g/mol. The topological polar surface area (TPSA) is 37.4 Å². The maximum absolute atomic E-state index is 13.0. The lowest BCUT2D eigenvalue weighted by molar-refractivity contribution is 0.343. The molecule has 0 spiro atoms. The summed E-state index contributed by atoms with van der Waals surface area (Å²) < 4.78 is 39.5. The molecule has 0 aromatic heterocycles. The Morgan fingerprint density at radius 2 is 2.18 bits per heavy atom. The van der Waals surface area contributed by atoms with E-state index in [0.717, 1.165) is 10.0 Å². The Bertz CT molecular complexity index is 532. The molecule has 0 radical (unpaired) electrons. The summed E-state index contributed by atoms with van der Waals surface area (Å²) in [5, 5.41) is 0. The first-order valence-corrected chi connectivity index (χ1v) is 7.55. The van der Waals surface area contributed by atoms with Crippen LogP contribution in [0, 0.1) is 6.92 Å². The third kappa shape index (κ3) is 2.53. The van der Waals surface area contributed by atoms with E-state index in [1.165, 1.54) is 10.4 Å². The number of halogens is 2. The highest BCUT2D eigenvalue weighted by molar-refractivity contribution is 9.10. The smallest absolute Gasteiger partial charge is 0.243 e. The number of nitrogens with zero attached hydrogens (tertiary/aromatic N) is 1. The number of benzene rings is 1. The molecule has 1 heterocycles. The lowest BCUT2D eigenvalue weighted by Crippen LogP contribution is -2.29. The van der Waals surface area contributed by atoms with Crippen molar-refractivity contribution in [1.29, 1.82) is 0 Å². The summed E-state index contributed by atoms with van der Waals surface area (Å²) >= 11 is 3.32. The summed E-state index contributed by atoms with van der Waals surface area (Å²) in [6.45, 7) is 2.06. The van der Waals surface area contributed by atoms with Gasteiger partial charge < -0.3 is 0 Å². The van der Waals surface area contributed by atoms with Crippen LogP contribution in [0.5, 0.6) is 0 Å². The summed E-state index contributed by atoms with van der Waals surface area (Å²) in [6, 6.07) is 4.84. The molecule has 3 nitrogen and oxygen atoms in total. The van der Waals surface area contributed by atoms with E-state index >= 15 is 0 Å². The van der Waals surface area contributed by atoms with E-state index < -0.39 is 16.2 Å². The van der Waals surface area contributed by atoms with E-state index in [1.807, 2.05) is 6.92 Å². The molecule has 1 fully saturated rings. The van der Waals surface area contributed by atoms with Crippen LogP contribution in [0.2, 0.25) is 0 Å². The van der Waals surface area contributed by atoms with Crippen LogP contribution in [0.15, 0.2) is 27.6 Å². The average molecular weight is 322 g/mol. The van der Waals surface area contributed by atoms with Gasteiger partial charge in [-0.3, -0.25) is 0 Å². The van der Waals surface area contributed by atoms with Crippen molar-refractivity contribution in [2.45, 2.75) is 24.4 Å². The van der Waals surface area contributed by atoms with Gasteiger partial charge in [-0.2, -0.15) is 4.31 Å². The zero-order valence-electron chi connectivity index (χ0n) is 9.36. The van der Waals surface area contributed by atoms with Crippen molar-refractivity contribution in [1.82, 2.24) is 4.31 Å². The van der Waals surface area contributed by atoms with Gasteiger partial charge in [0.15, 0.2) is 0 Å². The fraction of sp³-hybridized carbons (Fsp3) is 0.455. The summed E-state index contributed by atoms with van der Waals surface area (Å²) in [5.74, 6) is 0. The zero-order chi connectivity index (χ0) is 12.6. The van der Waals surface area contributed by atoms with Gasteiger partial charge >= 0.3 is 0 Å². The number of aryl methyl sites for hydroxylation is 1. The first-order valence-electron chi connectivity index (χ1n) is 5.31. The second kappa shape index (κ2) is 4.66. The molecule has 1 aromatic carbocycles. The van der Waals surface area contributed by atoms with Crippen LogP contribution < -0.4 is 0 Å². The van der Waals surface area contributed by atoms with Crippen LogP contribution in [0.3, 0.4) is 0 Å². The van der Waals surface area contributed by atoms with Crippen LogP contribution in [0.25, 0.3) is 0 Å². The Morgan fingerprint density at radius 3 is 2.71 bits per heavy atom. The van der Waals surface area contributed by atoms with Crippen LogP contribution >= 0.6 is 15.9 Å². The van der Waals surface area contributed by atoms with E-state index in [1.54, 1.807) is 12.1 Å². The molecule has 0 unspecified atom stereocenters. The third-order valence-corrected chi connectivity index (χ3v) is 5.61. The summed E-state index contributed by atoms with van der Waals surface area (Å²) in [5.41, 5.74) is 0.849. The number of alkyl halides is 1. The normalized spacial score (nSPS) is 21.9. The monoisotopic (exact) mass is 321 g/mol. The van der Waals surface area contributed by atoms with Gasteiger partial charge in [-0.05, 0) is 37.1 Å². The van der Waals surface area contributed by atoms with Crippen molar-refractivity contribution < 1.29 is 12.8 Å². The lowest BCUT2D eigenvalue weighted by Gasteiger charge is -2.16. The van der Waals surface area contributed by atoms with Crippen LogP contribution in [-0.4, -0.2) is 32.0 Å². The van der Waals surface area contributed by atoms with E-state index in [9.17, 15) is 12.8 Å². The highest BCUT2D eigenvalue weighted by Crippen LogP contribution is 2.25. The molecule has 0 amide bonds. The Balaban J connectivity index is 2.35. The molecule has 0 saturated carbocycles. The second-order valence-electron chi connectivity index (χ2n) is 4.16. The molecule has 6 heteroatoms. The minimum Gasteiger partial charge on any atom is -0.246 e. The Hall–Kier alpha value is -0.460. The maximum Gasteiger partial charge on any atom is 0.243 e. The second-order valence-corrected chi connectivity index (χ2v) is 6.95. The summed E-state index contributed by atoms with van der Waals surface area (Å²) in [7, 11) is -3.54. The van der Waals surface area contributed by atoms with Gasteiger partial charge in [-0.25, -0.2) is 12.8 Å². The molecule has 1 saturated heterocycles. The Kier molecular flexibility index (Phi) is 3.56. The predicted octanol–water partition coefficient (Wildman–Crippen LogP) is 2.49. The van der Waals surface area contributed by atoms with Crippen molar-refractivity contribution >= 4 is 26.0 Å². The van der Waals surface area contributed by atoms with Crippen LogP contribution in [0.1, 0.15) is 12.0 Å². The van der Waals surface area contributed by atoms with Crippen molar-refractivity contribution in [2.75, 3.05) is 13.1 Å². The number of hydrogen-bond donors (Lipinski definition) is 0. The zero-order valence-corrected chi connectivity index (χ0v) is 11.8. The van der Waals surface area contributed by atoms with E-state index in [0.29, 0.717) is 0 Å². The summed E-state index contributed by atoms with van der Waals surface area (Å²) in [6.07, 6.45) is -0.754. The SMILES string of the molecule is Cc1cc(S(=O)(=O)N2CC[C@H](F)C2)ccc1Br. The minimum atomic E-state index is -3.54. The quantitative estimate of drug-likeness (QED) is 0.839. The fourth-order valence-corrected chi connectivity index (χ4v) is 3.65. The Morgan fingerprint density at radius 1 is 1.47 bits per heavy atom. The number of sulfonamides is 1. The van der Waals surface area contributed by atoms with Crippen LogP contribution in [0.4, 0.5) is 4.39 Å². The van der Waals surface area contributed by atoms with Gasteiger partial charge in [0.1, 0.15) is 6.17 Å². The maximum atomic E-state index is 13.0. The van der Waals surface area contributed by atoms with Crippen molar-refractivity contribution in [3.05, 3.63) is 28.2 Å². The van der Waals surface area contributed by atoms with Gasteiger partial charge in [0, 0.05) is 17.6 Å². The molecule has 1 aromatic rings. The number of rotatable bonds is 2. The van der Waals surface area contributed by atoms with Gasteiger partial charge in [-0.15, -0.1) is 0 Å².